The van der Waals surface area contributed by atoms with E-state index in [4.69, 9.17) is 4.74 Å². The molecule has 0 saturated carbocycles. The van der Waals surface area contributed by atoms with E-state index >= 15 is 0 Å². The lowest BCUT2D eigenvalue weighted by atomic mass is 10.1. The average molecular weight is 389 g/mol. The van der Waals surface area contributed by atoms with Crippen LogP contribution >= 0.6 is 0 Å². The second kappa shape index (κ2) is 7.89. The number of allylic oxidation sites excluding steroid dienone is 2. The van der Waals surface area contributed by atoms with Gasteiger partial charge in [0.2, 0.25) is 10.0 Å². The van der Waals surface area contributed by atoms with Crippen molar-refractivity contribution in [2.75, 3.05) is 14.2 Å². The summed E-state index contributed by atoms with van der Waals surface area (Å²) in [6.07, 6.45) is 7.79. The van der Waals surface area contributed by atoms with Gasteiger partial charge in [0.05, 0.1) is 36.0 Å². The smallest absolute Gasteiger partial charge is 0.240 e. The lowest BCUT2D eigenvalue weighted by Gasteiger charge is -2.26. The maximum Gasteiger partial charge on any atom is 0.240 e. The van der Waals surface area contributed by atoms with Gasteiger partial charge in [-0.25, -0.2) is 17.5 Å². The van der Waals surface area contributed by atoms with Crippen molar-refractivity contribution < 1.29 is 17.5 Å². The monoisotopic (exact) mass is 389 g/mol. The van der Waals surface area contributed by atoms with Crippen LogP contribution in [0.3, 0.4) is 0 Å². The van der Waals surface area contributed by atoms with E-state index in [1.165, 1.54) is 12.1 Å². The fourth-order valence-electron chi connectivity index (χ4n) is 2.70. The van der Waals surface area contributed by atoms with E-state index in [2.05, 4.69) is 9.71 Å². The number of likely N-dealkylation sites (N-methyl/N-ethyl adjacent to an activating group) is 1. The molecule has 27 heavy (non-hydrogen) atoms. The molecule has 1 atom stereocenters. The SMILES string of the molecule is COc1cc(CNS(=O)(=O)c2ccc(F)cc2)nc(C2C=CC=CN2C)c1. The van der Waals surface area contributed by atoms with Crippen LogP contribution in [0.15, 0.2) is 65.7 Å². The molecule has 1 aliphatic heterocycles. The number of pyridine rings is 1. The van der Waals surface area contributed by atoms with Crippen molar-refractivity contribution in [2.24, 2.45) is 0 Å². The number of halogens is 1. The fourth-order valence-corrected chi connectivity index (χ4v) is 3.70. The standard InChI is InChI=1S/C19H20FN3O3S/c1-23-10-4-3-5-19(23)18-12-16(26-2)11-15(22-18)13-21-27(24,25)17-8-6-14(20)7-9-17/h3-12,19,21H,13H2,1-2H3. The summed E-state index contributed by atoms with van der Waals surface area (Å²) >= 11 is 0. The molecule has 3 rings (SSSR count). The highest BCUT2D eigenvalue weighted by Crippen LogP contribution is 2.26. The Balaban J connectivity index is 1.82. The van der Waals surface area contributed by atoms with E-state index in [0.29, 0.717) is 11.4 Å². The van der Waals surface area contributed by atoms with Gasteiger partial charge in [0.25, 0.3) is 0 Å². The van der Waals surface area contributed by atoms with Crippen molar-refractivity contribution in [3.8, 4) is 5.75 Å². The topological polar surface area (TPSA) is 71.5 Å². The zero-order valence-electron chi connectivity index (χ0n) is 15.0. The summed E-state index contributed by atoms with van der Waals surface area (Å²) in [5, 5.41) is 0. The van der Waals surface area contributed by atoms with Gasteiger partial charge in [0, 0.05) is 19.2 Å². The largest absolute Gasteiger partial charge is 0.497 e. The van der Waals surface area contributed by atoms with E-state index in [9.17, 15) is 12.8 Å². The Kier molecular flexibility index (Phi) is 5.57. The Hall–Kier alpha value is -2.71. The molecule has 1 unspecified atom stereocenters. The number of nitrogens with one attached hydrogen (secondary N) is 1. The third kappa shape index (κ3) is 4.53. The minimum atomic E-state index is -3.78. The quantitative estimate of drug-likeness (QED) is 0.823. The molecule has 0 spiro atoms. The zero-order valence-corrected chi connectivity index (χ0v) is 15.8. The Labute approximate surface area is 158 Å². The van der Waals surface area contributed by atoms with Gasteiger partial charge in [-0.05, 0) is 36.5 Å². The molecule has 0 fully saturated rings. The maximum absolute atomic E-state index is 13.0. The molecule has 0 amide bonds. The number of methoxy groups -OCH3 is 1. The summed E-state index contributed by atoms with van der Waals surface area (Å²) < 4.78 is 45.6. The lowest BCUT2D eigenvalue weighted by molar-refractivity contribution is 0.376. The summed E-state index contributed by atoms with van der Waals surface area (Å²) in [7, 11) is -0.296. The van der Waals surface area contributed by atoms with Gasteiger partial charge in [0.15, 0.2) is 0 Å². The number of rotatable bonds is 6. The number of sulfonamides is 1. The minimum Gasteiger partial charge on any atom is -0.497 e. The number of benzene rings is 1. The summed E-state index contributed by atoms with van der Waals surface area (Å²) in [4.78, 5) is 6.56. The van der Waals surface area contributed by atoms with Crippen molar-refractivity contribution in [1.29, 1.82) is 0 Å². The Morgan fingerprint density at radius 1 is 1.22 bits per heavy atom. The second-order valence-electron chi connectivity index (χ2n) is 6.04. The van der Waals surface area contributed by atoms with Crippen LogP contribution < -0.4 is 9.46 Å². The van der Waals surface area contributed by atoms with Gasteiger partial charge >= 0.3 is 0 Å². The average Bonchev–Trinajstić information content (AvgIpc) is 2.67. The molecule has 0 bridgehead atoms. The van der Waals surface area contributed by atoms with E-state index in [1.54, 1.807) is 13.2 Å². The molecule has 2 aromatic rings. The molecule has 0 saturated heterocycles. The number of ether oxygens (including phenoxy) is 1. The van der Waals surface area contributed by atoms with Crippen LogP contribution in [0.25, 0.3) is 0 Å². The van der Waals surface area contributed by atoms with E-state index in [-0.39, 0.29) is 17.5 Å². The van der Waals surface area contributed by atoms with Crippen LogP contribution in [0.4, 0.5) is 4.39 Å². The molecule has 1 aromatic heterocycles. The molecular formula is C19H20FN3O3S. The van der Waals surface area contributed by atoms with Crippen molar-refractivity contribution >= 4 is 10.0 Å². The predicted octanol–water partition coefficient (Wildman–Crippen LogP) is 2.76. The van der Waals surface area contributed by atoms with Crippen LogP contribution in [-0.4, -0.2) is 32.5 Å². The lowest BCUT2D eigenvalue weighted by Crippen LogP contribution is -2.25. The molecular weight excluding hydrogens is 369 g/mol. The highest BCUT2D eigenvalue weighted by atomic mass is 32.2. The Morgan fingerprint density at radius 3 is 2.63 bits per heavy atom. The first-order chi connectivity index (χ1) is 12.9. The minimum absolute atomic E-state index is 0.00731. The summed E-state index contributed by atoms with van der Waals surface area (Å²) in [6, 6.07) is 8.08. The summed E-state index contributed by atoms with van der Waals surface area (Å²) in [5.74, 6) is 0.0964. The number of hydrogen-bond acceptors (Lipinski definition) is 5. The maximum atomic E-state index is 13.0. The van der Waals surface area contributed by atoms with Gasteiger partial charge in [-0.3, -0.25) is 4.98 Å². The molecule has 1 N–H and O–H groups in total. The predicted molar refractivity (Wildman–Crippen MR) is 100.0 cm³/mol. The van der Waals surface area contributed by atoms with Gasteiger partial charge in [0.1, 0.15) is 11.6 Å². The van der Waals surface area contributed by atoms with Gasteiger partial charge in [-0.1, -0.05) is 12.2 Å². The number of hydrogen-bond donors (Lipinski definition) is 1. The van der Waals surface area contributed by atoms with E-state index in [1.807, 2.05) is 42.4 Å². The molecule has 2 heterocycles. The third-order valence-corrected chi connectivity index (χ3v) is 5.56. The van der Waals surface area contributed by atoms with Crippen molar-refractivity contribution in [2.45, 2.75) is 17.5 Å². The molecule has 1 aliphatic rings. The molecule has 8 heteroatoms. The van der Waals surface area contributed by atoms with Crippen LogP contribution in [0.1, 0.15) is 17.4 Å². The van der Waals surface area contributed by atoms with Gasteiger partial charge < -0.3 is 9.64 Å². The highest BCUT2D eigenvalue weighted by molar-refractivity contribution is 7.89. The van der Waals surface area contributed by atoms with Gasteiger partial charge in [-0.15, -0.1) is 0 Å². The molecule has 142 valence electrons. The first-order valence-corrected chi connectivity index (χ1v) is 9.74. The number of aromatic nitrogens is 1. The van der Waals surface area contributed by atoms with E-state index < -0.39 is 15.8 Å². The molecule has 0 radical (unpaired) electrons. The highest BCUT2D eigenvalue weighted by Gasteiger charge is 2.18. The van der Waals surface area contributed by atoms with Crippen molar-refractivity contribution in [1.82, 2.24) is 14.6 Å². The number of nitrogens with zero attached hydrogens (tertiary/aromatic N) is 2. The van der Waals surface area contributed by atoms with E-state index in [0.717, 1.165) is 17.8 Å². The molecule has 6 nitrogen and oxygen atoms in total. The Bertz CT molecular complexity index is 972. The first kappa shape index (κ1) is 19.1. The Morgan fingerprint density at radius 2 is 1.96 bits per heavy atom. The third-order valence-electron chi connectivity index (χ3n) is 4.14. The molecule has 1 aromatic carbocycles. The second-order valence-corrected chi connectivity index (χ2v) is 7.81. The van der Waals surface area contributed by atoms with Crippen LogP contribution in [0.2, 0.25) is 0 Å². The fraction of sp³-hybridized carbons (Fsp3) is 0.211. The summed E-state index contributed by atoms with van der Waals surface area (Å²) in [6.45, 7) is -0.0140. The molecule has 0 aliphatic carbocycles. The van der Waals surface area contributed by atoms with Crippen molar-refractivity contribution in [3.05, 3.63) is 78.0 Å². The van der Waals surface area contributed by atoms with Crippen LogP contribution in [-0.2, 0) is 16.6 Å². The first-order valence-electron chi connectivity index (χ1n) is 8.26. The normalized spacial score (nSPS) is 16.6. The van der Waals surface area contributed by atoms with Crippen molar-refractivity contribution in [3.63, 3.8) is 0 Å². The zero-order chi connectivity index (χ0) is 19.4. The van der Waals surface area contributed by atoms with Crippen LogP contribution in [0.5, 0.6) is 5.75 Å². The van der Waals surface area contributed by atoms with Crippen LogP contribution in [0, 0.1) is 5.82 Å². The van der Waals surface area contributed by atoms with Gasteiger partial charge in [-0.2, -0.15) is 0 Å². The summed E-state index contributed by atoms with van der Waals surface area (Å²) in [5.41, 5.74) is 1.26.